The van der Waals surface area contributed by atoms with Gasteiger partial charge in [0.05, 0.1) is 5.56 Å². The van der Waals surface area contributed by atoms with Crippen LogP contribution >= 0.6 is 0 Å². The highest BCUT2D eigenvalue weighted by molar-refractivity contribution is 6.01. The van der Waals surface area contributed by atoms with Crippen molar-refractivity contribution in [2.75, 3.05) is 25.9 Å². The molecule has 116 valence electrons. The minimum Gasteiger partial charge on any atom is -0.383 e. The molecule has 0 bridgehead atoms. The molecule has 1 aliphatic rings. The van der Waals surface area contributed by atoms with Crippen molar-refractivity contribution in [1.29, 1.82) is 0 Å². The second-order valence-electron chi connectivity index (χ2n) is 5.79. The monoisotopic (exact) mass is 299 g/mol. The Labute approximate surface area is 129 Å². The Kier molecular flexibility index (Phi) is 4.20. The summed E-state index contributed by atoms with van der Waals surface area (Å²) in [5.41, 5.74) is 6.86. The number of rotatable bonds is 4. The summed E-state index contributed by atoms with van der Waals surface area (Å²) in [6.07, 6.45) is 5.07. The number of likely N-dealkylation sites (tertiary alicyclic amines) is 1. The van der Waals surface area contributed by atoms with E-state index in [1.165, 1.54) is 12.8 Å². The average molecular weight is 299 g/mol. The number of aromatic nitrogens is 2. The smallest absolute Gasteiger partial charge is 0.255 e. The van der Waals surface area contributed by atoms with Crippen molar-refractivity contribution in [1.82, 2.24) is 20.2 Å². The van der Waals surface area contributed by atoms with Gasteiger partial charge in [0.25, 0.3) is 5.91 Å². The fourth-order valence-electron chi connectivity index (χ4n) is 2.99. The lowest BCUT2D eigenvalue weighted by Gasteiger charge is -2.19. The van der Waals surface area contributed by atoms with E-state index < -0.39 is 0 Å². The van der Waals surface area contributed by atoms with Gasteiger partial charge in [0.1, 0.15) is 5.82 Å². The van der Waals surface area contributed by atoms with Gasteiger partial charge in [-0.25, -0.2) is 9.97 Å². The summed E-state index contributed by atoms with van der Waals surface area (Å²) in [6.45, 7) is 1.80. The third-order valence-electron chi connectivity index (χ3n) is 4.30. The lowest BCUT2D eigenvalue weighted by Crippen LogP contribution is -2.32. The molecule has 1 fully saturated rings. The summed E-state index contributed by atoms with van der Waals surface area (Å²) in [7, 11) is 2.14. The Bertz CT molecular complexity index is 687. The Morgan fingerprint density at radius 2 is 2.41 bits per heavy atom. The minimum absolute atomic E-state index is 0.170. The fourth-order valence-corrected chi connectivity index (χ4v) is 2.99. The van der Waals surface area contributed by atoms with Gasteiger partial charge in [0.15, 0.2) is 5.65 Å². The van der Waals surface area contributed by atoms with Crippen LogP contribution < -0.4 is 11.1 Å². The second-order valence-corrected chi connectivity index (χ2v) is 5.79. The highest BCUT2D eigenvalue weighted by atomic mass is 16.1. The van der Waals surface area contributed by atoms with E-state index in [-0.39, 0.29) is 11.7 Å². The number of nitrogen functional groups attached to an aromatic ring is 1. The lowest BCUT2D eigenvalue weighted by molar-refractivity contribution is 0.0951. The van der Waals surface area contributed by atoms with E-state index in [9.17, 15) is 4.79 Å². The summed E-state index contributed by atoms with van der Waals surface area (Å²) >= 11 is 0. The fraction of sp³-hybridized carbons (Fsp3) is 0.438. The van der Waals surface area contributed by atoms with Crippen LogP contribution in [-0.4, -0.2) is 47.0 Å². The first-order chi connectivity index (χ1) is 10.6. The number of carbonyl (C=O) groups excluding carboxylic acids is 1. The van der Waals surface area contributed by atoms with Gasteiger partial charge in [-0.2, -0.15) is 0 Å². The maximum atomic E-state index is 12.3. The molecule has 0 spiro atoms. The van der Waals surface area contributed by atoms with Crippen molar-refractivity contribution in [3.8, 4) is 0 Å². The quantitative estimate of drug-likeness (QED) is 0.892. The van der Waals surface area contributed by atoms with Crippen LogP contribution in [0.5, 0.6) is 0 Å². The molecular weight excluding hydrogens is 278 g/mol. The molecule has 0 aromatic carbocycles. The summed E-state index contributed by atoms with van der Waals surface area (Å²) in [6, 6.07) is 6.01. The van der Waals surface area contributed by atoms with Gasteiger partial charge in [-0.15, -0.1) is 0 Å². The van der Waals surface area contributed by atoms with Crippen molar-refractivity contribution < 1.29 is 4.79 Å². The van der Waals surface area contributed by atoms with E-state index in [4.69, 9.17) is 5.73 Å². The highest BCUT2D eigenvalue weighted by Crippen LogP contribution is 2.18. The number of hydrogen-bond acceptors (Lipinski definition) is 5. The van der Waals surface area contributed by atoms with E-state index >= 15 is 0 Å². The molecular formula is C16H21N5O. The van der Waals surface area contributed by atoms with Gasteiger partial charge in [0, 0.05) is 24.2 Å². The summed E-state index contributed by atoms with van der Waals surface area (Å²) in [4.78, 5) is 23.0. The standard InChI is InChI=1S/C16H21N5O/c1-21-9-3-5-12(21)6-8-19-16(22)13-10-11-4-2-7-18-15(11)20-14(13)17/h2,4,7,10,12H,3,5-6,8-9H2,1H3,(H,19,22)(H2,17,18,20). The molecule has 1 saturated heterocycles. The number of fused-ring (bicyclic) bond motifs is 1. The number of carbonyl (C=O) groups is 1. The molecule has 1 amide bonds. The predicted octanol–water partition coefficient (Wildman–Crippen LogP) is 1.43. The van der Waals surface area contributed by atoms with Crippen molar-refractivity contribution >= 4 is 22.8 Å². The van der Waals surface area contributed by atoms with Gasteiger partial charge in [-0.3, -0.25) is 4.79 Å². The van der Waals surface area contributed by atoms with E-state index in [0.29, 0.717) is 23.8 Å². The first-order valence-electron chi connectivity index (χ1n) is 7.65. The molecule has 22 heavy (non-hydrogen) atoms. The number of amides is 1. The molecule has 3 rings (SSSR count). The summed E-state index contributed by atoms with van der Waals surface area (Å²) in [5, 5.41) is 3.76. The zero-order chi connectivity index (χ0) is 15.5. The van der Waals surface area contributed by atoms with Gasteiger partial charge < -0.3 is 16.0 Å². The number of hydrogen-bond donors (Lipinski definition) is 2. The number of anilines is 1. The van der Waals surface area contributed by atoms with E-state index in [1.807, 2.05) is 12.1 Å². The Balaban J connectivity index is 1.65. The minimum atomic E-state index is -0.170. The molecule has 1 unspecified atom stereocenters. The largest absolute Gasteiger partial charge is 0.383 e. The first-order valence-corrected chi connectivity index (χ1v) is 7.65. The van der Waals surface area contributed by atoms with Gasteiger partial charge >= 0.3 is 0 Å². The van der Waals surface area contributed by atoms with Crippen molar-refractivity contribution in [2.45, 2.75) is 25.3 Å². The molecule has 3 N–H and O–H groups in total. The van der Waals surface area contributed by atoms with Crippen LogP contribution in [-0.2, 0) is 0 Å². The zero-order valence-electron chi connectivity index (χ0n) is 12.7. The topological polar surface area (TPSA) is 84.1 Å². The predicted molar refractivity (Wildman–Crippen MR) is 86.6 cm³/mol. The maximum Gasteiger partial charge on any atom is 0.255 e. The van der Waals surface area contributed by atoms with Crippen LogP contribution in [0, 0.1) is 0 Å². The molecule has 3 heterocycles. The second kappa shape index (κ2) is 6.27. The van der Waals surface area contributed by atoms with Gasteiger partial charge in [-0.1, -0.05) is 0 Å². The average Bonchev–Trinajstić information content (AvgIpc) is 2.92. The van der Waals surface area contributed by atoms with E-state index in [1.54, 1.807) is 12.3 Å². The highest BCUT2D eigenvalue weighted by Gasteiger charge is 2.20. The number of nitrogens with two attached hydrogens (primary N) is 1. The third-order valence-corrected chi connectivity index (χ3v) is 4.30. The normalized spacial score (nSPS) is 18.7. The van der Waals surface area contributed by atoms with Crippen molar-refractivity contribution in [3.05, 3.63) is 30.0 Å². The zero-order valence-corrected chi connectivity index (χ0v) is 12.7. The van der Waals surface area contributed by atoms with Gasteiger partial charge in [-0.05, 0) is 51.1 Å². The third kappa shape index (κ3) is 3.01. The molecule has 2 aromatic rings. The molecule has 2 aromatic heterocycles. The number of nitrogens with zero attached hydrogens (tertiary/aromatic N) is 3. The van der Waals surface area contributed by atoms with Crippen LogP contribution in [0.1, 0.15) is 29.6 Å². The van der Waals surface area contributed by atoms with Crippen LogP contribution in [0.3, 0.4) is 0 Å². The Morgan fingerprint density at radius 1 is 1.55 bits per heavy atom. The molecule has 1 atom stereocenters. The molecule has 1 aliphatic heterocycles. The van der Waals surface area contributed by atoms with Crippen molar-refractivity contribution in [3.63, 3.8) is 0 Å². The molecule has 0 radical (unpaired) electrons. The van der Waals surface area contributed by atoms with Crippen LogP contribution in [0.4, 0.5) is 5.82 Å². The number of pyridine rings is 2. The first kappa shape index (κ1) is 14.7. The molecule has 0 saturated carbocycles. The SMILES string of the molecule is CN1CCCC1CCNC(=O)c1cc2cccnc2nc1N. The van der Waals surface area contributed by atoms with Crippen molar-refractivity contribution in [2.24, 2.45) is 0 Å². The summed E-state index contributed by atoms with van der Waals surface area (Å²) < 4.78 is 0. The molecule has 6 nitrogen and oxygen atoms in total. The lowest BCUT2D eigenvalue weighted by atomic mass is 10.1. The molecule has 0 aliphatic carbocycles. The van der Waals surface area contributed by atoms with Gasteiger partial charge in [0.2, 0.25) is 0 Å². The van der Waals surface area contributed by atoms with E-state index in [2.05, 4.69) is 27.2 Å². The number of nitrogens with one attached hydrogen (secondary N) is 1. The van der Waals surface area contributed by atoms with Crippen LogP contribution in [0.2, 0.25) is 0 Å². The maximum absolute atomic E-state index is 12.3. The van der Waals surface area contributed by atoms with Crippen LogP contribution in [0.15, 0.2) is 24.4 Å². The van der Waals surface area contributed by atoms with Crippen LogP contribution in [0.25, 0.3) is 11.0 Å². The Hall–Kier alpha value is -2.21. The van der Waals surface area contributed by atoms with E-state index in [0.717, 1.165) is 18.4 Å². The Morgan fingerprint density at radius 3 is 3.18 bits per heavy atom. The summed E-state index contributed by atoms with van der Waals surface area (Å²) in [5.74, 6) is 0.0538. The molecule has 6 heteroatoms.